The summed E-state index contributed by atoms with van der Waals surface area (Å²) in [6, 6.07) is 3.68. The Balaban J connectivity index is 2.17. The Morgan fingerprint density at radius 2 is 2.19 bits per heavy atom. The summed E-state index contributed by atoms with van der Waals surface area (Å²) in [5.41, 5.74) is 1.54. The van der Waals surface area contributed by atoms with E-state index in [-0.39, 0.29) is 17.7 Å². The van der Waals surface area contributed by atoms with Crippen molar-refractivity contribution in [2.24, 2.45) is 0 Å². The molecule has 0 aromatic carbocycles. The number of piperidine rings is 1. The number of imide groups is 1. The van der Waals surface area contributed by atoms with Gasteiger partial charge in [0, 0.05) is 6.42 Å². The maximum absolute atomic E-state index is 11.6. The molecule has 1 aliphatic rings. The van der Waals surface area contributed by atoms with Crippen LogP contribution in [0.5, 0.6) is 0 Å². The topological polar surface area (TPSA) is 72.0 Å². The van der Waals surface area contributed by atoms with Gasteiger partial charge in [0.15, 0.2) is 0 Å². The molecule has 0 saturated carbocycles. The largest absolute Gasteiger partial charge is 0.296 e. The van der Waals surface area contributed by atoms with Crippen LogP contribution in [-0.2, 0) is 16.0 Å². The highest BCUT2D eigenvalue weighted by atomic mass is 16.2. The first kappa shape index (κ1) is 10.7. The second-order valence-electron chi connectivity index (χ2n) is 3.81. The lowest BCUT2D eigenvalue weighted by Gasteiger charge is -2.19. The Morgan fingerprint density at radius 3 is 2.75 bits per heavy atom. The smallest absolute Gasteiger partial charge is 0.235 e. The Hall–Kier alpha value is -1.78. The second kappa shape index (κ2) is 4.38. The number of rotatable bonds is 2. The lowest BCUT2D eigenvalue weighted by molar-refractivity contribution is -0.134. The molecule has 1 atom stereocenters. The predicted octanol–water partition coefficient (Wildman–Crippen LogP) is 0.559. The third kappa shape index (κ3) is 2.08. The van der Waals surface area contributed by atoms with Crippen molar-refractivity contribution in [2.45, 2.75) is 32.1 Å². The first-order chi connectivity index (χ1) is 7.70. The lowest BCUT2D eigenvalue weighted by Crippen LogP contribution is -2.39. The summed E-state index contributed by atoms with van der Waals surface area (Å²) in [5, 5.41) is 10.3. The van der Waals surface area contributed by atoms with Crippen LogP contribution in [0.25, 0.3) is 0 Å². The fourth-order valence-electron chi connectivity index (χ4n) is 1.72. The molecule has 1 aromatic heterocycles. The standard InChI is InChI=1S/C11H13N3O2/c1-2-7-3-5-9(14-13-7)8-4-6-10(15)12-11(8)16/h3,5,8H,2,4,6H2,1H3,(H,12,15,16). The molecule has 2 rings (SSSR count). The van der Waals surface area contributed by atoms with Crippen LogP contribution in [0, 0.1) is 0 Å². The van der Waals surface area contributed by atoms with E-state index >= 15 is 0 Å². The maximum Gasteiger partial charge on any atom is 0.235 e. The highest BCUT2D eigenvalue weighted by Crippen LogP contribution is 2.22. The van der Waals surface area contributed by atoms with Gasteiger partial charge >= 0.3 is 0 Å². The Morgan fingerprint density at radius 1 is 1.38 bits per heavy atom. The predicted molar refractivity (Wildman–Crippen MR) is 56.5 cm³/mol. The molecule has 2 heterocycles. The van der Waals surface area contributed by atoms with Crippen molar-refractivity contribution in [3.05, 3.63) is 23.5 Å². The molecule has 5 nitrogen and oxygen atoms in total. The minimum atomic E-state index is -0.337. The summed E-state index contributed by atoms with van der Waals surface area (Å²) in [6.07, 6.45) is 1.71. The van der Waals surface area contributed by atoms with E-state index in [0.29, 0.717) is 18.5 Å². The van der Waals surface area contributed by atoms with E-state index in [1.54, 1.807) is 0 Å². The number of nitrogens with zero attached hydrogens (tertiary/aromatic N) is 2. The van der Waals surface area contributed by atoms with Crippen LogP contribution >= 0.6 is 0 Å². The molecule has 1 saturated heterocycles. The lowest BCUT2D eigenvalue weighted by atomic mass is 9.94. The van der Waals surface area contributed by atoms with E-state index < -0.39 is 0 Å². The van der Waals surface area contributed by atoms with E-state index in [9.17, 15) is 9.59 Å². The monoisotopic (exact) mass is 219 g/mol. The minimum absolute atomic E-state index is 0.209. The second-order valence-corrected chi connectivity index (χ2v) is 3.81. The minimum Gasteiger partial charge on any atom is -0.296 e. The quantitative estimate of drug-likeness (QED) is 0.738. The van der Waals surface area contributed by atoms with Crippen molar-refractivity contribution in [1.29, 1.82) is 0 Å². The third-order valence-corrected chi connectivity index (χ3v) is 2.70. The van der Waals surface area contributed by atoms with Crippen molar-refractivity contribution in [1.82, 2.24) is 15.5 Å². The van der Waals surface area contributed by atoms with Crippen LogP contribution in [0.1, 0.15) is 37.1 Å². The fourth-order valence-corrected chi connectivity index (χ4v) is 1.72. The van der Waals surface area contributed by atoms with Gasteiger partial charge in [0.25, 0.3) is 0 Å². The first-order valence-corrected chi connectivity index (χ1v) is 5.37. The number of carbonyl (C=O) groups is 2. The Bertz CT molecular complexity index is 414. The molecule has 1 aliphatic heterocycles. The number of carbonyl (C=O) groups excluding carboxylic acids is 2. The van der Waals surface area contributed by atoms with Crippen molar-refractivity contribution >= 4 is 11.8 Å². The van der Waals surface area contributed by atoms with Gasteiger partial charge in [-0.3, -0.25) is 14.9 Å². The summed E-state index contributed by atoms with van der Waals surface area (Å²) in [7, 11) is 0. The molecule has 1 aromatic rings. The maximum atomic E-state index is 11.6. The van der Waals surface area contributed by atoms with Crippen LogP contribution in [0.2, 0.25) is 0 Å². The molecule has 1 unspecified atom stereocenters. The number of amides is 2. The van der Waals surface area contributed by atoms with E-state index in [4.69, 9.17) is 0 Å². The molecule has 1 fully saturated rings. The molecule has 0 bridgehead atoms. The summed E-state index contributed by atoms with van der Waals surface area (Å²) in [5.74, 6) is -0.815. The number of nitrogens with one attached hydrogen (secondary N) is 1. The van der Waals surface area contributed by atoms with Gasteiger partial charge in [0.05, 0.1) is 17.3 Å². The third-order valence-electron chi connectivity index (χ3n) is 2.70. The molecular weight excluding hydrogens is 206 g/mol. The molecule has 0 radical (unpaired) electrons. The first-order valence-electron chi connectivity index (χ1n) is 5.37. The van der Waals surface area contributed by atoms with Gasteiger partial charge in [0.2, 0.25) is 11.8 Å². The van der Waals surface area contributed by atoms with Gasteiger partial charge < -0.3 is 0 Å². The molecule has 84 valence electrons. The van der Waals surface area contributed by atoms with Crippen molar-refractivity contribution < 1.29 is 9.59 Å². The van der Waals surface area contributed by atoms with Gasteiger partial charge in [0.1, 0.15) is 0 Å². The zero-order valence-electron chi connectivity index (χ0n) is 9.06. The fraction of sp³-hybridized carbons (Fsp3) is 0.455. The Labute approximate surface area is 93.3 Å². The Kier molecular flexibility index (Phi) is 2.94. The average molecular weight is 219 g/mol. The van der Waals surface area contributed by atoms with Crippen LogP contribution in [0.15, 0.2) is 12.1 Å². The molecule has 0 spiro atoms. The SMILES string of the molecule is CCc1ccc(C2CCC(=O)NC2=O)nn1. The summed E-state index contributed by atoms with van der Waals surface area (Å²) < 4.78 is 0. The van der Waals surface area contributed by atoms with Gasteiger partial charge in [-0.1, -0.05) is 6.92 Å². The zero-order valence-corrected chi connectivity index (χ0v) is 9.06. The van der Waals surface area contributed by atoms with Gasteiger partial charge in [-0.25, -0.2) is 0 Å². The zero-order chi connectivity index (χ0) is 11.5. The number of hydrogen-bond donors (Lipinski definition) is 1. The molecular formula is C11H13N3O2. The summed E-state index contributed by atoms with van der Waals surface area (Å²) in [6.45, 7) is 2.00. The molecule has 0 aliphatic carbocycles. The summed E-state index contributed by atoms with van der Waals surface area (Å²) in [4.78, 5) is 22.5. The molecule has 5 heteroatoms. The van der Waals surface area contributed by atoms with Gasteiger partial charge in [-0.05, 0) is 25.0 Å². The van der Waals surface area contributed by atoms with E-state index in [0.717, 1.165) is 12.1 Å². The molecule has 16 heavy (non-hydrogen) atoms. The van der Waals surface area contributed by atoms with Crippen LogP contribution in [0.4, 0.5) is 0 Å². The number of aryl methyl sites for hydroxylation is 1. The van der Waals surface area contributed by atoms with Crippen LogP contribution < -0.4 is 5.32 Å². The van der Waals surface area contributed by atoms with E-state index in [2.05, 4.69) is 15.5 Å². The molecule has 1 N–H and O–H groups in total. The van der Waals surface area contributed by atoms with Crippen LogP contribution in [0.3, 0.4) is 0 Å². The van der Waals surface area contributed by atoms with E-state index in [1.807, 2.05) is 19.1 Å². The number of hydrogen-bond acceptors (Lipinski definition) is 4. The van der Waals surface area contributed by atoms with E-state index in [1.165, 1.54) is 0 Å². The van der Waals surface area contributed by atoms with Crippen molar-refractivity contribution in [3.8, 4) is 0 Å². The number of aromatic nitrogens is 2. The van der Waals surface area contributed by atoms with Crippen LogP contribution in [-0.4, -0.2) is 22.0 Å². The normalized spacial score (nSPS) is 20.7. The van der Waals surface area contributed by atoms with Crippen molar-refractivity contribution in [2.75, 3.05) is 0 Å². The van der Waals surface area contributed by atoms with Gasteiger partial charge in [-0.15, -0.1) is 0 Å². The highest BCUT2D eigenvalue weighted by molar-refractivity contribution is 6.00. The molecule has 2 amide bonds. The van der Waals surface area contributed by atoms with Gasteiger partial charge in [-0.2, -0.15) is 10.2 Å². The average Bonchev–Trinajstić information content (AvgIpc) is 2.29. The summed E-state index contributed by atoms with van der Waals surface area (Å²) >= 11 is 0. The van der Waals surface area contributed by atoms with Crippen molar-refractivity contribution in [3.63, 3.8) is 0 Å². The highest BCUT2D eigenvalue weighted by Gasteiger charge is 2.29.